The highest BCUT2D eigenvalue weighted by molar-refractivity contribution is 7.92. The van der Waals surface area contributed by atoms with Crippen LogP contribution in [0.3, 0.4) is 0 Å². The number of amides is 2. The first-order valence-electron chi connectivity index (χ1n) is 16.2. The molecule has 1 N–H and O–H groups in total. The fourth-order valence-electron chi connectivity index (χ4n) is 6.16. The normalized spacial score (nSPS) is 14.3. The van der Waals surface area contributed by atoms with E-state index in [1.54, 1.807) is 47.4 Å². The fraction of sp³-hybridized carbons (Fsp3) is 0.316. The van der Waals surface area contributed by atoms with Crippen LogP contribution in [0, 0.1) is 0 Å². The van der Waals surface area contributed by atoms with Crippen LogP contribution >= 0.6 is 0 Å². The van der Waals surface area contributed by atoms with Crippen LogP contribution in [0.1, 0.15) is 55.7 Å². The van der Waals surface area contributed by atoms with Gasteiger partial charge in [-0.3, -0.25) is 13.9 Å². The van der Waals surface area contributed by atoms with E-state index in [1.165, 1.54) is 4.31 Å². The number of hydrogen-bond donors (Lipinski definition) is 1. The number of nitrogens with zero attached hydrogens (tertiary/aromatic N) is 2. The summed E-state index contributed by atoms with van der Waals surface area (Å²) in [6, 6.07) is 33.9. The van der Waals surface area contributed by atoms with Crippen molar-refractivity contribution in [2.45, 2.75) is 75.4 Å². The van der Waals surface area contributed by atoms with Gasteiger partial charge in [0.1, 0.15) is 12.6 Å². The summed E-state index contributed by atoms with van der Waals surface area (Å²) in [5, 5.41) is 3.26. The Balaban J connectivity index is 1.56. The third-order valence-corrected chi connectivity index (χ3v) is 10.4. The van der Waals surface area contributed by atoms with Crippen LogP contribution in [0.2, 0.25) is 0 Å². The van der Waals surface area contributed by atoms with Gasteiger partial charge in [-0.1, -0.05) is 123 Å². The van der Waals surface area contributed by atoms with E-state index < -0.39 is 28.5 Å². The maximum atomic E-state index is 14.7. The van der Waals surface area contributed by atoms with Gasteiger partial charge in [-0.25, -0.2) is 8.42 Å². The molecule has 1 saturated carbocycles. The molecular formula is C38H43N3O4S. The predicted octanol–water partition coefficient (Wildman–Crippen LogP) is 6.53. The molecule has 0 saturated heterocycles. The highest BCUT2D eigenvalue weighted by Crippen LogP contribution is 2.28. The minimum absolute atomic E-state index is 0.0552. The minimum Gasteiger partial charge on any atom is -0.352 e. The van der Waals surface area contributed by atoms with E-state index in [0.29, 0.717) is 18.5 Å². The lowest BCUT2D eigenvalue weighted by molar-refractivity contribution is -0.140. The Labute approximate surface area is 273 Å². The number of carbonyl (C=O) groups excluding carboxylic acids is 2. The molecule has 2 amide bonds. The van der Waals surface area contributed by atoms with Gasteiger partial charge in [-0.05, 0) is 54.2 Å². The fourth-order valence-corrected chi connectivity index (χ4v) is 7.64. The summed E-state index contributed by atoms with van der Waals surface area (Å²) >= 11 is 0. The topological polar surface area (TPSA) is 86.8 Å². The molecule has 7 nitrogen and oxygen atoms in total. The Bertz CT molecular complexity index is 1680. The number of rotatable bonds is 13. The van der Waals surface area contributed by atoms with Gasteiger partial charge >= 0.3 is 0 Å². The zero-order valence-electron chi connectivity index (χ0n) is 26.4. The second-order valence-corrected chi connectivity index (χ2v) is 13.7. The zero-order valence-corrected chi connectivity index (χ0v) is 27.2. The molecule has 1 atom stereocenters. The molecule has 0 spiro atoms. The molecule has 1 aliphatic rings. The third kappa shape index (κ3) is 8.23. The average Bonchev–Trinajstić information content (AvgIpc) is 3.10. The number of aryl methyl sites for hydroxylation is 1. The van der Waals surface area contributed by atoms with Gasteiger partial charge in [0.2, 0.25) is 11.8 Å². The largest absolute Gasteiger partial charge is 0.352 e. The van der Waals surface area contributed by atoms with E-state index in [0.717, 1.165) is 48.8 Å². The highest BCUT2D eigenvalue weighted by atomic mass is 32.2. The summed E-state index contributed by atoms with van der Waals surface area (Å²) in [7, 11) is -4.13. The van der Waals surface area contributed by atoms with Gasteiger partial charge in [-0.15, -0.1) is 0 Å². The van der Waals surface area contributed by atoms with Crippen molar-refractivity contribution < 1.29 is 18.0 Å². The average molecular weight is 638 g/mol. The van der Waals surface area contributed by atoms with Crippen LogP contribution in [0.15, 0.2) is 120 Å². The molecule has 240 valence electrons. The van der Waals surface area contributed by atoms with Crippen LogP contribution in [0.5, 0.6) is 0 Å². The van der Waals surface area contributed by atoms with Crippen LogP contribution in [-0.4, -0.2) is 43.8 Å². The molecule has 46 heavy (non-hydrogen) atoms. The van der Waals surface area contributed by atoms with E-state index in [1.807, 2.05) is 79.7 Å². The lowest BCUT2D eigenvalue weighted by Crippen LogP contribution is -2.55. The Hall–Kier alpha value is -4.43. The molecule has 1 fully saturated rings. The zero-order chi connectivity index (χ0) is 32.4. The summed E-state index contributed by atoms with van der Waals surface area (Å²) in [5.41, 5.74) is 3.03. The number of nitrogens with one attached hydrogen (secondary N) is 1. The Morgan fingerprint density at radius 1 is 0.761 bits per heavy atom. The summed E-state index contributed by atoms with van der Waals surface area (Å²) in [4.78, 5) is 30.5. The van der Waals surface area contributed by atoms with E-state index in [2.05, 4.69) is 5.32 Å². The first kappa shape index (κ1) is 32.9. The molecule has 4 aromatic rings. The maximum absolute atomic E-state index is 14.7. The van der Waals surface area contributed by atoms with Crippen LogP contribution in [-0.2, 0) is 39.0 Å². The van der Waals surface area contributed by atoms with Crippen molar-refractivity contribution >= 4 is 27.5 Å². The molecule has 5 rings (SSSR count). The van der Waals surface area contributed by atoms with Gasteiger partial charge in [-0.2, -0.15) is 0 Å². The summed E-state index contributed by atoms with van der Waals surface area (Å²) < 4.78 is 29.7. The van der Waals surface area contributed by atoms with Gasteiger partial charge in [0.05, 0.1) is 10.6 Å². The van der Waals surface area contributed by atoms with Crippen molar-refractivity contribution in [1.29, 1.82) is 0 Å². The smallest absolute Gasteiger partial charge is 0.264 e. The molecular weight excluding hydrogens is 595 g/mol. The number of para-hydroxylation sites is 1. The van der Waals surface area contributed by atoms with Gasteiger partial charge < -0.3 is 10.2 Å². The van der Waals surface area contributed by atoms with Crippen molar-refractivity contribution in [2.75, 3.05) is 10.8 Å². The number of sulfonamides is 1. The van der Waals surface area contributed by atoms with Crippen molar-refractivity contribution in [3.8, 4) is 0 Å². The van der Waals surface area contributed by atoms with Gasteiger partial charge in [0.15, 0.2) is 0 Å². The lowest BCUT2D eigenvalue weighted by Gasteiger charge is -2.35. The second-order valence-electron chi connectivity index (χ2n) is 11.9. The minimum atomic E-state index is -4.13. The lowest BCUT2D eigenvalue weighted by atomic mass is 9.94. The van der Waals surface area contributed by atoms with Crippen molar-refractivity contribution in [3.63, 3.8) is 0 Å². The first-order valence-corrected chi connectivity index (χ1v) is 17.6. The van der Waals surface area contributed by atoms with Crippen LogP contribution < -0.4 is 9.62 Å². The second kappa shape index (κ2) is 15.7. The molecule has 1 aliphatic carbocycles. The highest BCUT2D eigenvalue weighted by Gasteiger charge is 2.35. The van der Waals surface area contributed by atoms with Crippen molar-refractivity contribution in [1.82, 2.24) is 10.2 Å². The first-order chi connectivity index (χ1) is 22.4. The monoisotopic (exact) mass is 637 g/mol. The SMILES string of the molecule is CCc1ccccc1N(CC(=O)N(Cc1ccccc1)[C@@H](Cc1ccccc1)C(=O)NC1CCCCC1)S(=O)(=O)c1ccccc1. The third-order valence-electron chi connectivity index (χ3n) is 8.67. The van der Waals surface area contributed by atoms with E-state index >= 15 is 0 Å². The Morgan fingerprint density at radius 2 is 1.33 bits per heavy atom. The van der Waals surface area contributed by atoms with Crippen molar-refractivity contribution in [2.24, 2.45) is 0 Å². The predicted molar refractivity (Wildman–Crippen MR) is 183 cm³/mol. The maximum Gasteiger partial charge on any atom is 0.264 e. The number of anilines is 1. The number of hydrogen-bond acceptors (Lipinski definition) is 4. The van der Waals surface area contributed by atoms with Crippen LogP contribution in [0.25, 0.3) is 0 Å². The molecule has 0 unspecified atom stereocenters. The van der Waals surface area contributed by atoms with E-state index in [9.17, 15) is 18.0 Å². The summed E-state index contributed by atoms with van der Waals surface area (Å²) in [6.45, 7) is 1.66. The quantitative estimate of drug-likeness (QED) is 0.181. The molecule has 0 radical (unpaired) electrons. The summed E-state index contributed by atoms with van der Waals surface area (Å²) in [6.07, 6.45) is 5.98. The van der Waals surface area contributed by atoms with Gasteiger partial charge in [0.25, 0.3) is 10.0 Å². The molecule has 8 heteroatoms. The standard InChI is InChI=1S/C38H43N3O4S/c1-2-32-21-15-16-26-35(32)41(46(44,45)34-24-13-6-14-25-34)29-37(42)40(28-31-19-9-4-10-20-31)36(27-30-17-7-3-8-18-30)38(43)39-33-22-11-5-12-23-33/h3-4,6-10,13-21,24-26,33,36H,2,5,11-12,22-23,27-29H2,1H3,(H,39,43)/t36-/m0/s1. The number of benzene rings is 4. The molecule has 0 aliphatic heterocycles. The van der Waals surface area contributed by atoms with Crippen molar-refractivity contribution in [3.05, 3.63) is 132 Å². The van der Waals surface area contributed by atoms with E-state index in [-0.39, 0.29) is 23.4 Å². The molecule has 0 aromatic heterocycles. The Morgan fingerprint density at radius 3 is 1.96 bits per heavy atom. The molecule has 0 heterocycles. The molecule has 4 aromatic carbocycles. The molecule has 0 bridgehead atoms. The van der Waals surface area contributed by atoms with E-state index in [4.69, 9.17) is 0 Å². The number of carbonyl (C=O) groups is 2. The van der Waals surface area contributed by atoms with Crippen LogP contribution in [0.4, 0.5) is 5.69 Å². The van der Waals surface area contributed by atoms with Gasteiger partial charge in [0, 0.05) is 19.0 Å². The summed E-state index contributed by atoms with van der Waals surface area (Å²) in [5.74, 6) is -0.666. The Kier molecular flexibility index (Phi) is 11.3.